The van der Waals surface area contributed by atoms with Crippen LogP contribution in [0.2, 0.25) is 0 Å². The Balaban J connectivity index is 1.73. The highest BCUT2D eigenvalue weighted by Crippen LogP contribution is 2.22. The molecule has 0 saturated carbocycles. The SMILES string of the molecule is CCC(CC)C(CNc1nccc2[nH]cnc12)N1CCOCC1. The molecule has 0 aromatic carbocycles. The first kappa shape index (κ1) is 16.2. The van der Waals surface area contributed by atoms with Crippen LogP contribution in [-0.4, -0.2) is 58.7 Å². The zero-order valence-electron chi connectivity index (χ0n) is 14.1. The summed E-state index contributed by atoms with van der Waals surface area (Å²) in [5.41, 5.74) is 1.94. The van der Waals surface area contributed by atoms with Crippen molar-refractivity contribution in [3.63, 3.8) is 0 Å². The van der Waals surface area contributed by atoms with Gasteiger partial charge in [0.2, 0.25) is 0 Å². The summed E-state index contributed by atoms with van der Waals surface area (Å²) in [5.74, 6) is 1.55. The Morgan fingerprint density at radius 3 is 2.78 bits per heavy atom. The van der Waals surface area contributed by atoms with Crippen molar-refractivity contribution in [3.8, 4) is 0 Å². The Labute approximate surface area is 137 Å². The number of aromatic amines is 1. The molecular formula is C17H27N5O. The van der Waals surface area contributed by atoms with Crippen LogP contribution in [0.3, 0.4) is 0 Å². The van der Waals surface area contributed by atoms with Crippen molar-refractivity contribution < 1.29 is 4.74 Å². The second-order valence-corrected chi connectivity index (χ2v) is 6.13. The predicted octanol–water partition coefficient (Wildman–Crippen LogP) is 2.51. The normalized spacial score (nSPS) is 17.7. The smallest absolute Gasteiger partial charge is 0.154 e. The number of H-pyrrole nitrogens is 1. The number of morpholine rings is 1. The molecule has 3 heterocycles. The van der Waals surface area contributed by atoms with Crippen LogP contribution in [0.1, 0.15) is 26.7 Å². The summed E-state index contributed by atoms with van der Waals surface area (Å²) in [6.07, 6.45) is 5.93. The first-order valence-electron chi connectivity index (χ1n) is 8.67. The maximum absolute atomic E-state index is 5.52. The number of nitrogens with zero attached hydrogens (tertiary/aromatic N) is 3. The van der Waals surface area contributed by atoms with Crippen molar-refractivity contribution >= 4 is 16.9 Å². The Morgan fingerprint density at radius 1 is 1.26 bits per heavy atom. The van der Waals surface area contributed by atoms with E-state index in [4.69, 9.17) is 4.74 Å². The predicted molar refractivity (Wildman–Crippen MR) is 92.6 cm³/mol. The van der Waals surface area contributed by atoms with Crippen molar-refractivity contribution in [2.45, 2.75) is 32.7 Å². The van der Waals surface area contributed by atoms with Gasteiger partial charge in [-0.1, -0.05) is 26.7 Å². The van der Waals surface area contributed by atoms with Crippen LogP contribution < -0.4 is 5.32 Å². The summed E-state index contributed by atoms with van der Waals surface area (Å²) >= 11 is 0. The van der Waals surface area contributed by atoms with Gasteiger partial charge in [0.25, 0.3) is 0 Å². The first-order chi connectivity index (χ1) is 11.3. The van der Waals surface area contributed by atoms with Crippen molar-refractivity contribution in [1.29, 1.82) is 0 Å². The van der Waals surface area contributed by atoms with Crippen molar-refractivity contribution in [3.05, 3.63) is 18.6 Å². The Morgan fingerprint density at radius 2 is 2.04 bits per heavy atom. The lowest BCUT2D eigenvalue weighted by Crippen LogP contribution is -2.50. The number of hydrogen-bond donors (Lipinski definition) is 2. The van der Waals surface area contributed by atoms with Crippen LogP contribution >= 0.6 is 0 Å². The number of ether oxygens (including phenoxy) is 1. The number of pyridine rings is 1. The molecule has 1 saturated heterocycles. The zero-order chi connectivity index (χ0) is 16.1. The van der Waals surface area contributed by atoms with E-state index in [0.29, 0.717) is 12.0 Å². The highest BCUT2D eigenvalue weighted by Gasteiger charge is 2.27. The molecule has 23 heavy (non-hydrogen) atoms. The molecule has 2 aromatic heterocycles. The molecule has 1 atom stereocenters. The van der Waals surface area contributed by atoms with Gasteiger partial charge in [-0.2, -0.15) is 0 Å². The van der Waals surface area contributed by atoms with Crippen LogP contribution in [0.5, 0.6) is 0 Å². The molecule has 0 amide bonds. The highest BCUT2D eigenvalue weighted by molar-refractivity contribution is 5.85. The van der Waals surface area contributed by atoms with Gasteiger partial charge in [0, 0.05) is 31.9 Å². The van der Waals surface area contributed by atoms with E-state index in [1.54, 1.807) is 6.33 Å². The molecule has 2 N–H and O–H groups in total. The number of fused-ring (bicyclic) bond motifs is 1. The molecule has 3 rings (SSSR count). The van der Waals surface area contributed by atoms with Gasteiger partial charge in [-0.25, -0.2) is 9.97 Å². The van der Waals surface area contributed by atoms with Crippen LogP contribution in [-0.2, 0) is 4.74 Å². The van der Waals surface area contributed by atoms with Gasteiger partial charge < -0.3 is 15.0 Å². The lowest BCUT2D eigenvalue weighted by Gasteiger charge is -2.38. The average Bonchev–Trinajstić information content (AvgIpc) is 3.09. The van der Waals surface area contributed by atoms with Gasteiger partial charge >= 0.3 is 0 Å². The molecule has 0 aliphatic carbocycles. The third kappa shape index (κ3) is 3.64. The number of nitrogens with one attached hydrogen (secondary N) is 2. The third-order valence-electron chi connectivity index (χ3n) is 4.92. The fourth-order valence-electron chi connectivity index (χ4n) is 3.53. The number of rotatable bonds is 7. The first-order valence-corrected chi connectivity index (χ1v) is 8.67. The fraction of sp³-hybridized carbons (Fsp3) is 0.647. The second-order valence-electron chi connectivity index (χ2n) is 6.13. The molecule has 0 radical (unpaired) electrons. The van der Waals surface area contributed by atoms with Gasteiger partial charge in [0.15, 0.2) is 5.82 Å². The minimum absolute atomic E-state index is 0.505. The largest absolute Gasteiger partial charge is 0.379 e. The Hall–Kier alpha value is -1.66. The van der Waals surface area contributed by atoms with Gasteiger partial charge in [0.05, 0.1) is 25.1 Å². The maximum Gasteiger partial charge on any atom is 0.154 e. The lowest BCUT2D eigenvalue weighted by molar-refractivity contribution is 0.00488. The highest BCUT2D eigenvalue weighted by atomic mass is 16.5. The molecule has 0 spiro atoms. The van der Waals surface area contributed by atoms with Crippen LogP contribution in [0.15, 0.2) is 18.6 Å². The molecule has 0 bridgehead atoms. The second kappa shape index (κ2) is 7.75. The average molecular weight is 317 g/mol. The number of aromatic nitrogens is 3. The lowest BCUT2D eigenvalue weighted by atomic mass is 9.92. The molecule has 6 nitrogen and oxygen atoms in total. The summed E-state index contributed by atoms with van der Waals surface area (Å²) in [6.45, 7) is 9.17. The maximum atomic E-state index is 5.52. The van der Waals surface area contributed by atoms with Gasteiger partial charge in [-0.05, 0) is 12.0 Å². The summed E-state index contributed by atoms with van der Waals surface area (Å²) in [4.78, 5) is 14.6. The number of imidazole rings is 1. The number of anilines is 1. The van der Waals surface area contributed by atoms with E-state index in [-0.39, 0.29) is 0 Å². The van der Waals surface area contributed by atoms with E-state index >= 15 is 0 Å². The minimum atomic E-state index is 0.505. The van der Waals surface area contributed by atoms with Crippen molar-refractivity contribution in [2.75, 3.05) is 38.2 Å². The standard InChI is InChI=1S/C17H27N5O/c1-3-13(4-2)15(22-7-9-23-10-8-22)11-19-17-16-14(5-6-18-17)20-12-21-16/h5-6,12-13,15H,3-4,7-11H2,1-2H3,(H,18,19)(H,20,21). The van der Waals surface area contributed by atoms with E-state index in [1.807, 2.05) is 12.3 Å². The topological polar surface area (TPSA) is 66.1 Å². The van der Waals surface area contributed by atoms with E-state index in [9.17, 15) is 0 Å². The minimum Gasteiger partial charge on any atom is -0.379 e. The third-order valence-corrected chi connectivity index (χ3v) is 4.92. The molecule has 1 unspecified atom stereocenters. The van der Waals surface area contributed by atoms with Gasteiger partial charge in [-0.15, -0.1) is 0 Å². The van der Waals surface area contributed by atoms with E-state index in [2.05, 4.69) is 39.0 Å². The van der Waals surface area contributed by atoms with Gasteiger partial charge in [-0.3, -0.25) is 4.90 Å². The zero-order valence-corrected chi connectivity index (χ0v) is 14.1. The van der Waals surface area contributed by atoms with E-state index in [0.717, 1.165) is 49.7 Å². The molecule has 1 aliphatic heterocycles. The molecule has 1 aliphatic rings. The summed E-state index contributed by atoms with van der Waals surface area (Å²) < 4.78 is 5.52. The molecule has 6 heteroatoms. The molecule has 2 aromatic rings. The van der Waals surface area contributed by atoms with Gasteiger partial charge in [0.1, 0.15) is 5.52 Å². The molecule has 126 valence electrons. The molecular weight excluding hydrogens is 290 g/mol. The summed E-state index contributed by atoms with van der Waals surface area (Å²) in [5, 5.41) is 3.54. The Kier molecular flexibility index (Phi) is 5.46. The van der Waals surface area contributed by atoms with E-state index in [1.165, 1.54) is 12.8 Å². The quantitative estimate of drug-likeness (QED) is 0.821. The van der Waals surface area contributed by atoms with Crippen LogP contribution in [0, 0.1) is 5.92 Å². The van der Waals surface area contributed by atoms with Crippen molar-refractivity contribution in [2.24, 2.45) is 5.92 Å². The van der Waals surface area contributed by atoms with E-state index < -0.39 is 0 Å². The van der Waals surface area contributed by atoms with Crippen LogP contribution in [0.25, 0.3) is 11.0 Å². The number of hydrogen-bond acceptors (Lipinski definition) is 5. The fourth-order valence-corrected chi connectivity index (χ4v) is 3.53. The monoisotopic (exact) mass is 317 g/mol. The molecule has 1 fully saturated rings. The summed E-state index contributed by atoms with van der Waals surface area (Å²) in [6, 6.07) is 2.46. The van der Waals surface area contributed by atoms with Crippen molar-refractivity contribution in [1.82, 2.24) is 19.9 Å². The Bertz CT molecular complexity index is 604. The van der Waals surface area contributed by atoms with Crippen LogP contribution in [0.4, 0.5) is 5.82 Å². The summed E-state index contributed by atoms with van der Waals surface area (Å²) in [7, 11) is 0.